The van der Waals surface area contributed by atoms with Crippen molar-refractivity contribution in [3.05, 3.63) is 0 Å². The molecule has 2 heterocycles. The Morgan fingerprint density at radius 3 is 2.67 bits per heavy atom. The van der Waals surface area contributed by atoms with Gasteiger partial charge in [-0.25, -0.2) is 0 Å². The second kappa shape index (κ2) is 3.21. The van der Waals surface area contributed by atoms with E-state index in [4.69, 9.17) is 0 Å². The van der Waals surface area contributed by atoms with Crippen LogP contribution >= 0.6 is 0 Å². The lowest BCUT2D eigenvalue weighted by atomic mass is 9.94. The Morgan fingerprint density at radius 1 is 1.33 bits per heavy atom. The van der Waals surface area contributed by atoms with Crippen LogP contribution < -0.4 is 5.32 Å². The van der Waals surface area contributed by atoms with E-state index in [0.29, 0.717) is 5.41 Å². The fourth-order valence-corrected chi connectivity index (χ4v) is 3.73. The molecule has 2 aliphatic heterocycles. The zero-order valence-corrected chi connectivity index (χ0v) is 10.3. The molecule has 1 saturated carbocycles. The summed E-state index contributed by atoms with van der Waals surface area (Å²) in [6.07, 6.45) is 2.90. The summed E-state index contributed by atoms with van der Waals surface area (Å²) in [6, 6.07) is 1.61. The smallest absolute Gasteiger partial charge is 0.0124 e. The number of hydrogen-bond donors (Lipinski definition) is 1. The first-order valence-corrected chi connectivity index (χ1v) is 6.58. The van der Waals surface area contributed by atoms with Gasteiger partial charge in [-0.15, -0.1) is 0 Å². The number of nitrogens with zero attached hydrogens (tertiary/aromatic N) is 1. The molecule has 4 atom stereocenters. The van der Waals surface area contributed by atoms with E-state index in [2.05, 4.69) is 31.0 Å². The van der Waals surface area contributed by atoms with Crippen LogP contribution in [0.5, 0.6) is 0 Å². The highest BCUT2D eigenvalue weighted by molar-refractivity contribution is 5.04. The van der Waals surface area contributed by atoms with Gasteiger partial charge >= 0.3 is 0 Å². The van der Waals surface area contributed by atoms with Crippen molar-refractivity contribution in [2.45, 2.75) is 45.7 Å². The molecule has 2 nitrogen and oxygen atoms in total. The first-order chi connectivity index (χ1) is 7.12. The SMILES string of the molecule is CC1C2CNCC2CN1C(C)C1(C)CC1. The van der Waals surface area contributed by atoms with Crippen LogP contribution in [0.25, 0.3) is 0 Å². The number of nitrogens with one attached hydrogen (secondary N) is 1. The largest absolute Gasteiger partial charge is 0.316 e. The van der Waals surface area contributed by atoms with Gasteiger partial charge in [0.15, 0.2) is 0 Å². The van der Waals surface area contributed by atoms with Crippen LogP contribution in [0.15, 0.2) is 0 Å². The molecule has 0 bridgehead atoms. The van der Waals surface area contributed by atoms with Gasteiger partial charge in [0.05, 0.1) is 0 Å². The maximum Gasteiger partial charge on any atom is 0.0124 e. The van der Waals surface area contributed by atoms with Crippen LogP contribution in [-0.2, 0) is 0 Å². The van der Waals surface area contributed by atoms with Gasteiger partial charge in [-0.05, 0) is 57.0 Å². The van der Waals surface area contributed by atoms with E-state index in [1.807, 2.05) is 0 Å². The Bertz CT molecular complexity index is 259. The molecule has 15 heavy (non-hydrogen) atoms. The minimum Gasteiger partial charge on any atom is -0.316 e. The molecular formula is C13H24N2. The van der Waals surface area contributed by atoms with Gasteiger partial charge in [0.2, 0.25) is 0 Å². The summed E-state index contributed by atoms with van der Waals surface area (Å²) in [5.41, 5.74) is 0.653. The number of hydrogen-bond acceptors (Lipinski definition) is 2. The molecular weight excluding hydrogens is 184 g/mol. The molecule has 86 valence electrons. The summed E-state index contributed by atoms with van der Waals surface area (Å²) >= 11 is 0. The van der Waals surface area contributed by atoms with Crippen molar-refractivity contribution < 1.29 is 0 Å². The van der Waals surface area contributed by atoms with E-state index < -0.39 is 0 Å². The van der Waals surface area contributed by atoms with Gasteiger partial charge in [-0.3, -0.25) is 4.90 Å². The van der Waals surface area contributed by atoms with Gasteiger partial charge in [-0.1, -0.05) is 6.92 Å². The van der Waals surface area contributed by atoms with Crippen LogP contribution in [-0.4, -0.2) is 36.6 Å². The lowest BCUT2D eigenvalue weighted by Gasteiger charge is -2.34. The molecule has 0 amide bonds. The quantitative estimate of drug-likeness (QED) is 0.743. The first-order valence-electron chi connectivity index (χ1n) is 6.58. The molecule has 0 spiro atoms. The maximum atomic E-state index is 3.54. The molecule has 1 N–H and O–H groups in total. The average molecular weight is 208 g/mol. The molecule has 0 aromatic carbocycles. The maximum absolute atomic E-state index is 3.54. The molecule has 2 saturated heterocycles. The molecule has 3 fully saturated rings. The van der Waals surface area contributed by atoms with E-state index in [0.717, 1.165) is 23.9 Å². The van der Waals surface area contributed by atoms with Gasteiger partial charge < -0.3 is 5.32 Å². The summed E-state index contributed by atoms with van der Waals surface area (Å²) in [7, 11) is 0. The third-order valence-electron chi connectivity index (χ3n) is 5.52. The fourth-order valence-electron chi connectivity index (χ4n) is 3.73. The third-order valence-corrected chi connectivity index (χ3v) is 5.52. The summed E-state index contributed by atoms with van der Waals surface area (Å²) in [6.45, 7) is 11.2. The van der Waals surface area contributed by atoms with Gasteiger partial charge in [0, 0.05) is 18.6 Å². The zero-order valence-electron chi connectivity index (χ0n) is 10.3. The van der Waals surface area contributed by atoms with Crippen molar-refractivity contribution in [3.8, 4) is 0 Å². The van der Waals surface area contributed by atoms with Crippen LogP contribution in [0.4, 0.5) is 0 Å². The predicted octanol–water partition coefficient (Wildman–Crippen LogP) is 1.71. The Morgan fingerprint density at radius 2 is 2.07 bits per heavy atom. The van der Waals surface area contributed by atoms with E-state index in [1.165, 1.54) is 32.5 Å². The fraction of sp³-hybridized carbons (Fsp3) is 1.00. The Labute approximate surface area is 93.4 Å². The standard InChI is InChI=1S/C13H24N2/c1-9-12-7-14-6-11(12)8-15(9)10(2)13(3)4-5-13/h9-12,14H,4-8H2,1-3H3. The minimum atomic E-state index is 0.653. The van der Waals surface area contributed by atoms with E-state index >= 15 is 0 Å². The molecule has 0 aromatic heterocycles. The van der Waals surface area contributed by atoms with Gasteiger partial charge in [0.25, 0.3) is 0 Å². The molecule has 0 radical (unpaired) electrons. The monoisotopic (exact) mass is 208 g/mol. The number of likely N-dealkylation sites (tertiary alicyclic amines) is 1. The summed E-state index contributed by atoms with van der Waals surface area (Å²) < 4.78 is 0. The first kappa shape index (κ1) is 10.1. The van der Waals surface area contributed by atoms with E-state index in [9.17, 15) is 0 Å². The lowest BCUT2D eigenvalue weighted by Crippen LogP contribution is -2.43. The average Bonchev–Trinajstić information content (AvgIpc) is 2.71. The number of rotatable bonds is 2. The van der Waals surface area contributed by atoms with Gasteiger partial charge in [-0.2, -0.15) is 0 Å². The van der Waals surface area contributed by atoms with Crippen LogP contribution in [0.3, 0.4) is 0 Å². The minimum absolute atomic E-state index is 0.653. The summed E-state index contributed by atoms with van der Waals surface area (Å²) in [5.74, 6) is 1.86. The topological polar surface area (TPSA) is 15.3 Å². The predicted molar refractivity (Wildman–Crippen MR) is 62.8 cm³/mol. The van der Waals surface area contributed by atoms with Crippen LogP contribution in [0.1, 0.15) is 33.6 Å². The normalized spacial score (nSPS) is 45.4. The Balaban J connectivity index is 1.73. The second-order valence-electron chi connectivity index (χ2n) is 6.35. The molecule has 1 aliphatic carbocycles. The Kier molecular flexibility index (Phi) is 2.16. The molecule has 3 aliphatic rings. The van der Waals surface area contributed by atoms with Gasteiger partial charge in [0.1, 0.15) is 0 Å². The highest BCUT2D eigenvalue weighted by Crippen LogP contribution is 2.51. The van der Waals surface area contributed by atoms with Crippen molar-refractivity contribution in [2.75, 3.05) is 19.6 Å². The van der Waals surface area contributed by atoms with Crippen molar-refractivity contribution in [3.63, 3.8) is 0 Å². The van der Waals surface area contributed by atoms with Crippen molar-refractivity contribution in [2.24, 2.45) is 17.3 Å². The molecule has 2 heteroatoms. The van der Waals surface area contributed by atoms with Crippen LogP contribution in [0, 0.1) is 17.3 Å². The zero-order chi connectivity index (χ0) is 10.6. The number of fused-ring (bicyclic) bond motifs is 1. The van der Waals surface area contributed by atoms with E-state index in [-0.39, 0.29) is 0 Å². The second-order valence-corrected chi connectivity index (χ2v) is 6.35. The molecule has 3 rings (SSSR count). The van der Waals surface area contributed by atoms with Crippen LogP contribution in [0.2, 0.25) is 0 Å². The summed E-state index contributed by atoms with van der Waals surface area (Å²) in [4.78, 5) is 2.79. The third kappa shape index (κ3) is 1.45. The summed E-state index contributed by atoms with van der Waals surface area (Å²) in [5, 5.41) is 3.54. The lowest BCUT2D eigenvalue weighted by molar-refractivity contribution is 0.129. The molecule has 4 unspecified atom stereocenters. The highest BCUT2D eigenvalue weighted by atomic mass is 15.2. The van der Waals surface area contributed by atoms with Crippen molar-refractivity contribution >= 4 is 0 Å². The van der Waals surface area contributed by atoms with Crippen molar-refractivity contribution in [1.29, 1.82) is 0 Å². The molecule has 0 aromatic rings. The van der Waals surface area contributed by atoms with E-state index in [1.54, 1.807) is 0 Å². The Hall–Kier alpha value is -0.0800. The van der Waals surface area contributed by atoms with Crippen molar-refractivity contribution in [1.82, 2.24) is 10.2 Å². The highest BCUT2D eigenvalue weighted by Gasteiger charge is 2.50.